The average molecular weight is 249 g/mol. The van der Waals surface area contributed by atoms with Crippen molar-refractivity contribution < 1.29 is 4.74 Å². The van der Waals surface area contributed by atoms with Crippen molar-refractivity contribution in [3.63, 3.8) is 0 Å². The van der Waals surface area contributed by atoms with Gasteiger partial charge < -0.3 is 14.6 Å². The molecule has 3 rings (SSSR count). The number of hydrogen-bond acceptors (Lipinski definition) is 3. The molecule has 4 nitrogen and oxygen atoms in total. The normalized spacial score (nSPS) is 28.1. The van der Waals surface area contributed by atoms with Crippen molar-refractivity contribution >= 4 is 0 Å². The molecule has 2 atom stereocenters. The molecule has 0 amide bonds. The molecule has 1 aromatic rings. The van der Waals surface area contributed by atoms with Crippen molar-refractivity contribution in [1.29, 1.82) is 0 Å². The van der Waals surface area contributed by atoms with Crippen molar-refractivity contribution in [3.05, 3.63) is 17.2 Å². The topological polar surface area (TPSA) is 39.1 Å². The van der Waals surface area contributed by atoms with E-state index in [2.05, 4.69) is 23.7 Å². The van der Waals surface area contributed by atoms with E-state index in [4.69, 9.17) is 9.72 Å². The number of imidazole rings is 1. The van der Waals surface area contributed by atoms with Crippen molar-refractivity contribution in [2.45, 2.75) is 45.7 Å². The molecule has 2 unspecified atom stereocenters. The minimum atomic E-state index is 0.586. The van der Waals surface area contributed by atoms with Crippen LogP contribution in [-0.4, -0.2) is 29.3 Å². The first kappa shape index (κ1) is 12.2. The molecule has 0 saturated carbocycles. The van der Waals surface area contributed by atoms with Crippen LogP contribution in [-0.2, 0) is 24.1 Å². The minimum Gasteiger partial charge on any atom is -0.381 e. The summed E-state index contributed by atoms with van der Waals surface area (Å²) in [6.45, 7) is 8.31. The van der Waals surface area contributed by atoms with E-state index in [1.807, 2.05) is 0 Å². The van der Waals surface area contributed by atoms with E-state index in [0.717, 1.165) is 45.6 Å². The zero-order chi connectivity index (χ0) is 12.5. The van der Waals surface area contributed by atoms with Crippen LogP contribution in [0.2, 0.25) is 0 Å². The Kier molecular flexibility index (Phi) is 3.39. The van der Waals surface area contributed by atoms with Crippen LogP contribution in [0.5, 0.6) is 0 Å². The van der Waals surface area contributed by atoms with Gasteiger partial charge in [-0.05, 0) is 6.42 Å². The zero-order valence-electron chi connectivity index (χ0n) is 11.4. The summed E-state index contributed by atoms with van der Waals surface area (Å²) in [6.07, 6.45) is 3.27. The van der Waals surface area contributed by atoms with Crippen LogP contribution in [0.25, 0.3) is 0 Å². The number of ether oxygens (including phenoxy) is 1. The number of rotatable bonds is 2. The first-order chi connectivity index (χ1) is 8.81. The Morgan fingerprint density at radius 3 is 3.17 bits per heavy atom. The summed E-state index contributed by atoms with van der Waals surface area (Å²) >= 11 is 0. The van der Waals surface area contributed by atoms with E-state index in [-0.39, 0.29) is 0 Å². The third-order valence-corrected chi connectivity index (χ3v) is 4.24. The Bertz CT molecular complexity index is 427. The van der Waals surface area contributed by atoms with Gasteiger partial charge in [0.05, 0.1) is 12.3 Å². The Labute approximate surface area is 109 Å². The first-order valence-corrected chi connectivity index (χ1v) is 7.18. The molecule has 3 heterocycles. The fourth-order valence-electron chi connectivity index (χ4n) is 3.28. The Morgan fingerprint density at radius 1 is 1.50 bits per heavy atom. The molecule has 4 heteroatoms. The van der Waals surface area contributed by atoms with Gasteiger partial charge in [-0.1, -0.05) is 13.8 Å². The van der Waals surface area contributed by atoms with Gasteiger partial charge in [-0.3, -0.25) is 0 Å². The summed E-state index contributed by atoms with van der Waals surface area (Å²) in [7, 11) is 0. The van der Waals surface area contributed by atoms with Gasteiger partial charge in [0.25, 0.3) is 0 Å². The highest BCUT2D eigenvalue weighted by atomic mass is 16.5. The molecular weight excluding hydrogens is 226 g/mol. The second-order valence-corrected chi connectivity index (χ2v) is 5.48. The van der Waals surface area contributed by atoms with Gasteiger partial charge >= 0.3 is 0 Å². The number of hydrogen-bond donors (Lipinski definition) is 1. The molecule has 1 aromatic heterocycles. The standard InChI is InChI=1S/C14H23N3O/c1-3-14-16-11-8-15-6-4-13(11)17(14)12-5-7-18-9-10(12)2/h10,12,15H,3-9H2,1-2H3. The van der Waals surface area contributed by atoms with Crippen LogP contribution in [0.4, 0.5) is 0 Å². The number of nitrogens with zero attached hydrogens (tertiary/aromatic N) is 2. The molecule has 0 aliphatic carbocycles. The molecule has 100 valence electrons. The molecule has 2 aliphatic rings. The lowest BCUT2D eigenvalue weighted by atomic mass is 9.96. The SMILES string of the molecule is CCc1nc2c(n1C1CCOCC1C)CCNC2. The zero-order valence-corrected chi connectivity index (χ0v) is 11.4. The highest BCUT2D eigenvalue weighted by Gasteiger charge is 2.29. The number of fused-ring (bicyclic) bond motifs is 1. The third kappa shape index (κ3) is 1.97. The number of aryl methyl sites for hydroxylation is 1. The third-order valence-electron chi connectivity index (χ3n) is 4.24. The fourth-order valence-corrected chi connectivity index (χ4v) is 3.28. The molecular formula is C14H23N3O. The predicted octanol–water partition coefficient (Wildman–Crippen LogP) is 1.69. The van der Waals surface area contributed by atoms with E-state index in [1.165, 1.54) is 17.2 Å². The molecule has 0 aromatic carbocycles. The van der Waals surface area contributed by atoms with Gasteiger partial charge in [0, 0.05) is 50.2 Å². The van der Waals surface area contributed by atoms with Gasteiger partial charge in [-0.15, -0.1) is 0 Å². The summed E-state index contributed by atoms with van der Waals surface area (Å²) in [5, 5.41) is 3.42. The van der Waals surface area contributed by atoms with Crippen LogP contribution in [0.1, 0.15) is 43.5 Å². The smallest absolute Gasteiger partial charge is 0.109 e. The van der Waals surface area contributed by atoms with Gasteiger partial charge in [0.2, 0.25) is 0 Å². The number of nitrogens with one attached hydrogen (secondary N) is 1. The van der Waals surface area contributed by atoms with Gasteiger partial charge in [0.1, 0.15) is 5.82 Å². The van der Waals surface area contributed by atoms with Crippen molar-refractivity contribution in [2.24, 2.45) is 5.92 Å². The molecule has 0 spiro atoms. The second kappa shape index (κ2) is 5.02. The predicted molar refractivity (Wildman–Crippen MR) is 70.7 cm³/mol. The Hall–Kier alpha value is -0.870. The lowest BCUT2D eigenvalue weighted by Gasteiger charge is -2.33. The Balaban J connectivity index is 2.00. The van der Waals surface area contributed by atoms with Crippen LogP contribution in [0, 0.1) is 5.92 Å². The summed E-state index contributed by atoms with van der Waals surface area (Å²) in [5.74, 6) is 1.86. The van der Waals surface area contributed by atoms with Crippen LogP contribution in [0.3, 0.4) is 0 Å². The van der Waals surface area contributed by atoms with E-state index < -0.39 is 0 Å². The van der Waals surface area contributed by atoms with Gasteiger partial charge in [0.15, 0.2) is 0 Å². The summed E-state index contributed by atoms with van der Waals surface area (Å²) in [4.78, 5) is 4.84. The lowest BCUT2D eigenvalue weighted by Crippen LogP contribution is -2.32. The highest BCUT2D eigenvalue weighted by molar-refractivity contribution is 5.21. The highest BCUT2D eigenvalue weighted by Crippen LogP contribution is 2.31. The maximum atomic E-state index is 5.58. The molecule has 1 saturated heterocycles. The molecule has 2 aliphatic heterocycles. The molecule has 1 N–H and O–H groups in total. The summed E-state index contributed by atoms with van der Waals surface area (Å²) in [6, 6.07) is 0.586. The van der Waals surface area contributed by atoms with Crippen molar-refractivity contribution in [3.8, 4) is 0 Å². The molecule has 1 fully saturated rings. The molecule has 18 heavy (non-hydrogen) atoms. The maximum absolute atomic E-state index is 5.58. The van der Waals surface area contributed by atoms with Crippen LogP contribution in [0.15, 0.2) is 0 Å². The maximum Gasteiger partial charge on any atom is 0.109 e. The van der Waals surface area contributed by atoms with Crippen molar-refractivity contribution in [1.82, 2.24) is 14.9 Å². The molecule has 0 bridgehead atoms. The average Bonchev–Trinajstić information content (AvgIpc) is 2.78. The van der Waals surface area contributed by atoms with Crippen LogP contribution >= 0.6 is 0 Å². The van der Waals surface area contributed by atoms with E-state index in [0.29, 0.717) is 12.0 Å². The Morgan fingerprint density at radius 2 is 2.39 bits per heavy atom. The summed E-state index contributed by atoms with van der Waals surface area (Å²) < 4.78 is 8.13. The van der Waals surface area contributed by atoms with E-state index in [9.17, 15) is 0 Å². The second-order valence-electron chi connectivity index (χ2n) is 5.48. The first-order valence-electron chi connectivity index (χ1n) is 7.18. The minimum absolute atomic E-state index is 0.586. The van der Waals surface area contributed by atoms with Crippen molar-refractivity contribution in [2.75, 3.05) is 19.8 Å². The van der Waals surface area contributed by atoms with E-state index in [1.54, 1.807) is 0 Å². The number of aromatic nitrogens is 2. The van der Waals surface area contributed by atoms with Gasteiger partial charge in [-0.2, -0.15) is 0 Å². The largest absolute Gasteiger partial charge is 0.381 e. The lowest BCUT2D eigenvalue weighted by molar-refractivity contribution is 0.0270. The monoisotopic (exact) mass is 249 g/mol. The fraction of sp³-hybridized carbons (Fsp3) is 0.786. The van der Waals surface area contributed by atoms with E-state index >= 15 is 0 Å². The van der Waals surface area contributed by atoms with Gasteiger partial charge in [-0.25, -0.2) is 4.98 Å². The summed E-state index contributed by atoms with van der Waals surface area (Å²) in [5.41, 5.74) is 2.75. The van der Waals surface area contributed by atoms with Crippen LogP contribution < -0.4 is 5.32 Å². The quantitative estimate of drug-likeness (QED) is 0.867. The molecule has 0 radical (unpaired) electrons.